The minimum absolute atomic E-state index is 0.210. The van der Waals surface area contributed by atoms with Crippen molar-refractivity contribution in [2.75, 3.05) is 0 Å². The number of hydrogen-bond acceptors (Lipinski definition) is 4. The Hall–Kier alpha value is -2.14. The highest BCUT2D eigenvalue weighted by Crippen LogP contribution is 2.23. The van der Waals surface area contributed by atoms with Gasteiger partial charge in [-0.25, -0.2) is 0 Å². The summed E-state index contributed by atoms with van der Waals surface area (Å²) in [6, 6.07) is 7.68. The van der Waals surface area contributed by atoms with E-state index < -0.39 is 0 Å². The number of aromatic nitrogens is 2. The standard InChI is InChI=1S/C15H19N3O2/c1-9(2)16-8-12-17-14(19)13(15(20)18-12)11-6-4-5-10(3)7-11/h4-7,9,16H,8H2,1-3H3,(H2,17,18,19,20). The molecule has 2 rings (SSSR count). The van der Waals surface area contributed by atoms with Crippen molar-refractivity contribution >= 4 is 0 Å². The molecular formula is C15H19N3O2. The highest BCUT2D eigenvalue weighted by Gasteiger charge is 2.13. The molecule has 0 aliphatic rings. The lowest BCUT2D eigenvalue weighted by Gasteiger charge is -2.09. The number of aromatic hydroxyl groups is 1. The maximum Gasteiger partial charge on any atom is 0.262 e. The van der Waals surface area contributed by atoms with Crippen molar-refractivity contribution in [3.8, 4) is 17.0 Å². The summed E-state index contributed by atoms with van der Waals surface area (Å²) in [6.45, 7) is 6.34. The zero-order chi connectivity index (χ0) is 14.7. The first kappa shape index (κ1) is 14.3. The molecule has 0 spiro atoms. The van der Waals surface area contributed by atoms with Crippen LogP contribution in [0.4, 0.5) is 0 Å². The third kappa shape index (κ3) is 3.24. The molecule has 0 atom stereocenters. The van der Waals surface area contributed by atoms with Gasteiger partial charge in [-0.1, -0.05) is 43.7 Å². The highest BCUT2D eigenvalue weighted by atomic mass is 16.3. The van der Waals surface area contributed by atoms with Crippen molar-refractivity contribution < 1.29 is 5.11 Å². The van der Waals surface area contributed by atoms with Gasteiger partial charge in [0.15, 0.2) is 0 Å². The van der Waals surface area contributed by atoms with E-state index in [4.69, 9.17) is 0 Å². The van der Waals surface area contributed by atoms with Gasteiger partial charge in [-0.3, -0.25) is 4.79 Å². The number of H-pyrrole nitrogens is 1. The molecular weight excluding hydrogens is 254 g/mol. The molecule has 2 aromatic rings. The molecule has 3 N–H and O–H groups in total. The maximum absolute atomic E-state index is 12.1. The van der Waals surface area contributed by atoms with Crippen LogP contribution in [0.3, 0.4) is 0 Å². The van der Waals surface area contributed by atoms with Gasteiger partial charge in [0.1, 0.15) is 11.4 Å². The Labute approximate surface area is 117 Å². The van der Waals surface area contributed by atoms with E-state index >= 15 is 0 Å². The molecule has 5 nitrogen and oxygen atoms in total. The van der Waals surface area contributed by atoms with Crippen LogP contribution >= 0.6 is 0 Å². The number of nitrogens with zero attached hydrogens (tertiary/aromatic N) is 1. The lowest BCUT2D eigenvalue weighted by Crippen LogP contribution is -2.25. The highest BCUT2D eigenvalue weighted by molar-refractivity contribution is 5.67. The topological polar surface area (TPSA) is 78.0 Å². The normalized spacial score (nSPS) is 11.0. The van der Waals surface area contributed by atoms with Crippen LogP contribution in [0.5, 0.6) is 5.88 Å². The summed E-state index contributed by atoms with van der Waals surface area (Å²) in [7, 11) is 0. The summed E-state index contributed by atoms with van der Waals surface area (Å²) in [6.07, 6.45) is 0. The first-order chi connectivity index (χ1) is 9.47. The van der Waals surface area contributed by atoms with Gasteiger partial charge in [0.25, 0.3) is 5.56 Å². The number of nitrogens with one attached hydrogen (secondary N) is 2. The molecule has 106 valence electrons. The lowest BCUT2D eigenvalue weighted by molar-refractivity contribution is 0.446. The van der Waals surface area contributed by atoms with E-state index in [9.17, 15) is 9.90 Å². The zero-order valence-corrected chi connectivity index (χ0v) is 11.9. The summed E-state index contributed by atoms with van der Waals surface area (Å²) in [5.41, 5.74) is 1.57. The van der Waals surface area contributed by atoms with E-state index in [2.05, 4.69) is 15.3 Å². The summed E-state index contributed by atoms with van der Waals surface area (Å²) >= 11 is 0. The summed E-state index contributed by atoms with van der Waals surface area (Å²) in [4.78, 5) is 18.9. The van der Waals surface area contributed by atoms with Gasteiger partial charge in [0.2, 0.25) is 5.88 Å². The second kappa shape index (κ2) is 5.88. The average Bonchev–Trinajstić information content (AvgIpc) is 2.35. The fourth-order valence-corrected chi connectivity index (χ4v) is 1.95. The van der Waals surface area contributed by atoms with Crippen LogP contribution in [0.15, 0.2) is 29.1 Å². The van der Waals surface area contributed by atoms with Gasteiger partial charge in [-0.15, -0.1) is 0 Å². The number of hydrogen-bond donors (Lipinski definition) is 3. The average molecular weight is 273 g/mol. The predicted molar refractivity (Wildman–Crippen MR) is 78.7 cm³/mol. The molecule has 0 saturated carbocycles. The van der Waals surface area contributed by atoms with E-state index in [1.54, 1.807) is 6.07 Å². The van der Waals surface area contributed by atoms with Gasteiger partial charge >= 0.3 is 0 Å². The molecule has 0 saturated heterocycles. The number of aromatic amines is 1. The Bertz CT molecular complexity index is 662. The molecule has 0 fully saturated rings. The van der Waals surface area contributed by atoms with Gasteiger partial charge in [-0.05, 0) is 12.5 Å². The van der Waals surface area contributed by atoms with Crippen LogP contribution in [-0.2, 0) is 6.54 Å². The monoisotopic (exact) mass is 273 g/mol. The van der Waals surface area contributed by atoms with E-state index in [1.165, 1.54) is 0 Å². The summed E-state index contributed by atoms with van der Waals surface area (Å²) in [5.74, 6) is 0.192. The minimum Gasteiger partial charge on any atom is -0.493 e. The molecule has 0 aliphatic heterocycles. The number of rotatable bonds is 4. The third-order valence-electron chi connectivity index (χ3n) is 2.93. The van der Waals surface area contributed by atoms with E-state index in [-0.39, 0.29) is 23.0 Å². The van der Waals surface area contributed by atoms with Crippen molar-refractivity contribution in [2.24, 2.45) is 0 Å². The smallest absolute Gasteiger partial charge is 0.262 e. The fraction of sp³-hybridized carbons (Fsp3) is 0.333. The molecule has 20 heavy (non-hydrogen) atoms. The molecule has 1 heterocycles. The Morgan fingerprint density at radius 3 is 2.75 bits per heavy atom. The Morgan fingerprint density at radius 1 is 1.40 bits per heavy atom. The quantitative estimate of drug-likeness (QED) is 0.795. The van der Waals surface area contributed by atoms with Crippen LogP contribution in [0.1, 0.15) is 25.2 Å². The molecule has 0 unspecified atom stereocenters. The second-order valence-corrected chi connectivity index (χ2v) is 5.12. The van der Waals surface area contributed by atoms with Gasteiger partial charge in [0.05, 0.1) is 6.54 Å². The largest absolute Gasteiger partial charge is 0.493 e. The van der Waals surface area contributed by atoms with Crippen molar-refractivity contribution in [3.63, 3.8) is 0 Å². The molecule has 0 amide bonds. The van der Waals surface area contributed by atoms with Gasteiger partial charge in [0, 0.05) is 6.04 Å². The number of aryl methyl sites for hydroxylation is 1. The van der Waals surface area contributed by atoms with E-state index in [0.717, 1.165) is 5.56 Å². The molecule has 0 aliphatic carbocycles. The molecule has 5 heteroatoms. The van der Waals surface area contributed by atoms with Gasteiger partial charge in [-0.2, -0.15) is 4.98 Å². The van der Waals surface area contributed by atoms with Crippen molar-refractivity contribution in [2.45, 2.75) is 33.4 Å². The predicted octanol–water partition coefficient (Wildman–Crippen LogP) is 1.95. The Balaban J connectivity index is 2.39. The van der Waals surface area contributed by atoms with E-state index in [0.29, 0.717) is 17.9 Å². The summed E-state index contributed by atoms with van der Waals surface area (Å²) < 4.78 is 0. The van der Waals surface area contributed by atoms with E-state index in [1.807, 2.05) is 39.0 Å². The second-order valence-electron chi connectivity index (χ2n) is 5.12. The molecule has 0 bridgehead atoms. The number of benzene rings is 1. The van der Waals surface area contributed by atoms with Crippen LogP contribution in [0.2, 0.25) is 0 Å². The fourth-order valence-electron chi connectivity index (χ4n) is 1.95. The Morgan fingerprint density at radius 2 is 2.15 bits per heavy atom. The molecule has 1 aromatic heterocycles. The van der Waals surface area contributed by atoms with Crippen molar-refractivity contribution in [1.29, 1.82) is 0 Å². The van der Waals surface area contributed by atoms with Crippen molar-refractivity contribution in [1.82, 2.24) is 15.3 Å². The van der Waals surface area contributed by atoms with Crippen LogP contribution < -0.4 is 10.9 Å². The van der Waals surface area contributed by atoms with Gasteiger partial charge < -0.3 is 15.4 Å². The molecule has 0 radical (unpaired) electrons. The third-order valence-corrected chi connectivity index (χ3v) is 2.93. The SMILES string of the molecule is Cc1cccc(-c2c(O)nc(CNC(C)C)[nH]c2=O)c1. The first-order valence-corrected chi connectivity index (χ1v) is 6.60. The lowest BCUT2D eigenvalue weighted by atomic mass is 10.1. The van der Waals surface area contributed by atoms with Crippen LogP contribution in [0.25, 0.3) is 11.1 Å². The maximum atomic E-state index is 12.1. The summed E-state index contributed by atoms with van der Waals surface area (Å²) in [5, 5.41) is 13.2. The van der Waals surface area contributed by atoms with Crippen molar-refractivity contribution in [3.05, 3.63) is 46.0 Å². The van der Waals surface area contributed by atoms with Crippen LogP contribution in [-0.4, -0.2) is 21.1 Å². The minimum atomic E-state index is -0.330. The Kier molecular flexibility index (Phi) is 4.20. The first-order valence-electron chi connectivity index (χ1n) is 6.60. The zero-order valence-electron chi connectivity index (χ0n) is 11.9. The van der Waals surface area contributed by atoms with Crippen LogP contribution in [0, 0.1) is 6.92 Å². The molecule has 1 aromatic carbocycles.